The summed E-state index contributed by atoms with van der Waals surface area (Å²) >= 11 is 1.78. The highest BCUT2D eigenvalue weighted by Crippen LogP contribution is 2.33. The molecule has 0 radical (unpaired) electrons. The van der Waals surface area contributed by atoms with Crippen LogP contribution in [-0.2, 0) is 11.0 Å². The fraction of sp³-hybridized carbons (Fsp3) is 0.381. The molecule has 27 heavy (non-hydrogen) atoms. The van der Waals surface area contributed by atoms with Crippen LogP contribution in [0, 0.1) is 6.92 Å². The van der Waals surface area contributed by atoms with Crippen molar-refractivity contribution in [3.05, 3.63) is 46.9 Å². The van der Waals surface area contributed by atoms with Gasteiger partial charge in [-0.1, -0.05) is 6.92 Å². The number of anilines is 1. The Hall–Kier alpha value is -1.76. The van der Waals surface area contributed by atoms with E-state index < -0.39 is 11.0 Å². The molecule has 0 saturated carbocycles. The van der Waals surface area contributed by atoms with Crippen LogP contribution >= 0.6 is 11.3 Å². The molecule has 1 N–H and O–H groups in total. The SMILES string of the molecule is CCS(=O)N1CCC(Nc2cc(-c3csc(C)c3)cc3ccncc23)CC1. The Morgan fingerprint density at radius 1 is 1.26 bits per heavy atom. The number of nitrogens with one attached hydrogen (secondary N) is 1. The zero-order valence-corrected chi connectivity index (χ0v) is 17.4. The normalized spacial score (nSPS) is 17.3. The quantitative estimate of drug-likeness (QED) is 0.668. The molecule has 1 aliphatic rings. The molecule has 1 atom stereocenters. The van der Waals surface area contributed by atoms with Gasteiger partial charge in [0.2, 0.25) is 0 Å². The molecule has 142 valence electrons. The van der Waals surface area contributed by atoms with Gasteiger partial charge in [-0.05, 0) is 65.9 Å². The van der Waals surface area contributed by atoms with Gasteiger partial charge in [0, 0.05) is 53.2 Å². The minimum atomic E-state index is -0.827. The fourth-order valence-corrected chi connectivity index (χ4v) is 5.38. The number of benzene rings is 1. The Kier molecular flexibility index (Phi) is 5.57. The predicted molar refractivity (Wildman–Crippen MR) is 117 cm³/mol. The summed E-state index contributed by atoms with van der Waals surface area (Å²) in [5.74, 6) is 0.705. The molecule has 1 saturated heterocycles. The highest BCUT2D eigenvalue weighted by atomic mass is 32.2. The smallest absolute Gasteiger partial charge is 0.0939 e. The maximum Gasteiger partial charge on any atom is 0.0939 e. The van der Waals surface area contributed by atoms with Gasteiger partial charge < -0.3 is 5.32 Å². The molecule has 0 amide bonds. The van der Waals surface area contributed by atoms with Crippen LogP contribution in [0.2, 0.25) is 0 Å². The van der Waals surface area contributed by atoms with Gasteiger partial charge in [0.15, 0.2) is 0 Å². The predicted octanol–water partition coefficient (Wildman–Crippen LogP) is 4.83. The topological polar surface area (TPSA) is 45.2 Å². The summed E-state index contributed by atoms with van der Waals surface area (Å²) in [7, 11) is -0.827. The molecule has 1 aliphatic heterocycles. The van der Waals surface area contributed by atoms with E-state index in [2.05, 4.69) is 51.2 Å². The second-order valence-corrected chi connectivity index (χ2v) is 9.88. The standard InChI is InChI=1S/C21H25N3OS2/c1-3-27(25)24-8-5-19(6-9-24)23-21-12-17(18-10-15(2)26-14-18)11-16-4-7-22-13-20(16)21/h4,7,10-14,19,23H,3,5-6,8-9H2,1-2H3. The Bertz CT molecular complexity index is 961. The number of piperidine rings is 1. The molecule has 1 aromatic carbocycles. The van der Waals surface area contributed by atoms with Crippen molar-refractivity contribution < 1.29 is 4.21 Å². The van der Waals surface area contributed by atoms with Gasteiger partial charge in [0.1, 0.15) is 0 Å². The largest absolute Gasteiger partial charge is 0.382 e. The third kappa shape index (κ3) is 4.08. The molecule has 3 aromatic rings. The number of hydrogen-bond donors (Lipinski definition) is 1. The summed E-state index contributed by atoms with van der Waals surface area (Å²) in [4.78, 5) is 5.66. The van der Waals surface area contributed by atoms with Gasteiger partial charge in [0.05, 0.1) is 11.0 Å². The van der Waals surface area contributed by atoms with E-state index in [0.29, 0.717) is 11.8 Å². The van der Waals surface area contributed by atoms with E-state index in [-0.39, 0.29) is 0 Å². The molecular weight excluding hydrogens is 374 g/mol. The molecule has 4 rings (SSSR count). The molecule has 6 heteroatoms. The summed E-state index contributed by atoms with van der Waals surface area (Å²) in [5.41, 5.74) is 3.66. The summed E-state index contributed by atoms with van der Waals surface area (Å²) in [5, 5.41) is 8.35. The molecular formula is C21H25N3OS2. The van der Waals surface area contributed by atoms with Crippen molar-refractivity contribution in [1.29, 1.82) is 0 Å². The highest BCUT2D eigenvalue weighted by molar-refractivity contribution is 7.82. The third-order valence-electron chi connectivity index (χ3n) is 5.17. The van der Waals surface area contributed by atoms with Crippen LogP contribution < -0.4 is 5.32 Å². The van der Waals surface area contributed by atoms with Crippen LogP contribution in [-0.4, -0.2) is 38.4 Å². The first-order valence-corrected chi connectivity index (χ1v) is 11.6. The maximum absolute atomic E-state index is 12.0. The van der Waals surface area contributed by atoms with Crippen LogP contribution in [0.25, 0.3) is 21.9 Å². The minimum absolute atomic E-state index is 0.401. The summed E-state index contributed by atoms with van der Waals surface area (Å²) in [6.45, 7) is 5.90. The second kappa shape index (κ2) is 8.09. The first-order chi connectivity index (χ1) is 13.1. The van der Waals surface area contributed by atoms with E-state index >= 15 is 0 Å². The molecule has 1 unspecified atom stereocenters. The number of hydrogen-bond acceptors (Lipinski definition) is 4. The lowest BCUT2D eigenvalue weighted by atomic mass is 10.0. The summed E-state index contributed by atoms with van der Waals surface area (Å²) < 4.78 is 14.1. The second-order valence-electron chi connectivity index (χ2n) is 7.02. The van der Waals surface area contributed by atoms with Gasteiger partial charge in [-0.2, -0.15) is 0 Å². The van der Waals surface area contributed by atoms with Crippen molar-refractivity contribution in [3.63, 3.8) is 0 Å². The van der Waals surface area contributed by atoms with Gasteiger partial charge in [-0.15, -0.1) is 11.3 Å². The van der Waals surface area contributed by atoms with Crippen LogP contribution in [0.15, 0.2) is 42.0 Å². The number of fused-ring (bicyclic) bond motifs is 1. The van der Waals surface area contributed by atoms with Crippen LogP contribution in [0.4, 0.5) is 5.69 Å². The van der Waals surface area contributed by atoms with Gasteiger partial charge in [-0.25, -0.2) is 8.51 Å². The van der Waals surface area contributed by atoms with Crippen molar-refractivity contribution in [1.82, 2.24) is 9.29 Å². The first-order valence-electron chi connectivity index (χ1n) is 9.47. The van der Waals surface area contributed by atoms with Crippen molar-refractivity contribution in [2.24, 2.45) is 0 Å². The zero-order valence-electron chi connectivity index (χ0n) is 15.8. The van der Waals surface area contributed by atoms with E-state index in [1.807, 2.05) is 19.3 Å². The van der Waals surface area contributed by atoms with Gasteiger partial charge >= 0.3 is 0 Å². The van der Waals surface area contributed by atoms with Crippen LogP contribution in [0.5, 0.6) is 0 Å². The number of nitrogens with zero attached hydrogens (tertiary/aromatic N) is 2. The van der Waals surface area contributed by atoms with Crippen molar-refractivity contribution in [2.45, 2.75) is 32.7 Å². The van der Waals surface area contributed by atoms with E-state index in [0.717, 1.165) is 37.0 Å². The molecule has 2 aromatic heterocycles. The molecule has 1 fully saturated rings. The molecule has 3 heterocycles. The van der Waals surface area contributed by atoms with Crippen molar-refractivity contribution in [3.8, 4) is 11.1 Å². The number of aryl methyl sites for hydroxylation is 1. The summed E-state index contributed by atoms with van der Waals surface area (Å²) in [6, 6.07) is 9.22. The fourth-order valence-electron chi connectivity index (χ4n) is 3.69. The Morgan fingerprint density at radius 2 is 2.07 bits per heavy atom. The lowest BCUT2D eigenvalue weighted by molar-refractivity contribution is 0.346. The number of thiophene rings is 1. The van der Waals surface area contributed by atoms with E-state index in [4.69, 9.17) is 0 Å². The summed E-state index contributed by atoms with van der Waals surface area (Å²) in [6.07, 6.45) is 5.82. The highest BCUT2D eigenvalue weighted by Gasteiger charge is 2.22. The first kappa shape index (κ1) is 18.6. The van der Waals surface area contributed by atoms with Gasteiger partial charge in [-0.3, -0.25) is 4.98 Å². The monoisotopic (exact) mass is 399 g/mol. The molecule has 0 spiro atoms. The lowest BCUT2D eigenvalue weighted by Crippen LogP contribution is -2.40. The molecule has 4 nitrogen and oxygen atoms in total. The zero-order chi connectivity index (χ0) is 18.8. The van der Waals surface area contributed by atoms with E-state index in [1.54, 1.807) is 11.3 Å². The number of aromatic nitrogens is 1. The average Bonchev–Trinajstić information content (AvgIpc) is 3.14. The van der Waals surface area contributed by atoms with Gasteiger partial charge in [0.25, 0.3) is 0 Å². The van der Waals surface area contributed by atoms with Crippen molar-refractivity contribution in [2.75, 3.05) is 24.2 Å². The Labute approximate surface area is 167 Å². The minimum Gasteiger partial charge on any atom is -0.382 e. The van der Waals surface area contributed by atoms with Crippen LogP contribution in [0.1, 0.15) is 24.6 Å². The van der Waals surface area contributed by atoms with Crippen LogP contribution in [0.3, 0.4) is 0 Å². The number of pyridine rings is 1. The Morgan fingerprint density at radius 3 is 2.78 bits per heavy atom. The number of rotatable bonds is 5. The third-order valence-corrected chi connectivity index (χ3v) is 7.46. The molecule has 0 aliphatic carbocycles. The average molecular weight is 400 g/mol. The lowest BCUT2D eigenvalue weighted by Gasteiger charge is -2.32. The van der Waals surface area contributed by atoms with Crippen molar-refractivity contribution >= 4 is 38.8 Å². The Balaban J connectivity index is 1.60. The van der Waals surface area contributed by atoms with E-state index in [9.17, 15) is 4.21 Å². The molecule has 0 bridgehead atoms. The van der Waals surface area contributed by atoms with E-state index in [1.165, 1.54) is 21.4 Å². The maximum atomic E-state index is 12.0.